The van der Waals surface area contributed by atoms with Crippen LogP contribution in [0.15, 0.2) is 59.7 Å². The zero-order valence-corrected chi connectivity index (χ0v) is 24.3. The Kier molecular flexibility index (Phi) is 13.3. The summed E-state index contributed by atoms with van der Waals surface area (Å²) in [5, 5.41) is 9.89. The third-order valence-corrected chi connectivity index (χ3v) is 6.60. The highest BCUT2D eigenvalue weighted by atomic mass is 16.5. The van der Waals surface area contributed by atoms with Crippen LogP contribution in [0.1, 0.15) is 49.5 Å². The van der Waals surface area contributed by atoms with E-state index in [0.717, 1.165) is 38.4 Å². The number of nitrogens with zero attached hydrogens (tertiary/aromatic N) is 2. The average Bonchev–Trinajstić information content (AvgIpc) is 2.96. The molecule has 0 aromatic heterocycles. The smallest absolute Gasteiger partial charge is 0.252 e. The highest BCUT2D eigenvalue weighted by molar-refractivity contribution is 5.98. The van der Waals surface area contributed by atoms with Crippen molar-refractivity contribution in [3.63, 3.8) is 0 Å². The number of aryl methyl sites for hydroxylation is 1. The SMILES string of the molecule is CC(=O)N/N=C/[C@H](CCc1ccccc1)NC(=O)[C@H](CC(C)C)NC(=O)c1cccc(OCCN2CCOCC2)c1. The van der Waals surface area contributed by atoms with Gasteiger partial charge in [-0.1, -0.05) is 50.2 Å². The van der Waals surface area contributed by atoms with Gasteiger partial charge in [0.2, 0.25) is 11.8 Å². The topological polar surface area (TPSA) is 121 Å². The lowest BCUT2D eigenvalue weighted by molar-refractivity contribution is -0.123. The highest BCUT2D eigenvalue weighted by Crippen LogP contribution is 2.15. The summed E-state index contributed by atoms with van der Waals surface area (Å²) in [6.07, 6.45) is 3.26. The third kappa shape index (κ3) is 12.1. The molecule has 0 spiro atoms. The van der Waals surface area contributed by atoms with Crippen LogP contribution >= 0.6 is 0 Å². The van der Waals surface area contributed by atoms with E-state index in [-0.39, 0.29) is 23.6 Å². The van der Waals surface area contributed by atoms with Gasteiger partial charge in [-0.05, 0) is 48.9 Å². The van der Waals surface area contributed by atoms with Crippen molar-refractivity contribution in [2.75, 3.05) is 39.5 Å². The van der Waals surface area contributed by atoms with Gasteiger partial charge < -0.3 is 20.1 Å². The van der Waals surface area contributed by atoms with E-state index in [1.165, 1.54) is 13.1 Å². The van der Waals surface area contributed by atoms with Crippen LogP contribution in [0.2, 0.25) is 0 Å². The number of hydrogen-bond acceptors (Lipinski definition) is 7. The van der Waals surface area contributed by atoms with Crippen molar-refractivity contribution in [3.8, 4) is 5.75 Å². The van der Waals surface area contributed by atoms with Crippen LogP contribution in [0.5, 0.6) is 5.75 Å². The summed E-state index contributed by atoms with van der Waals surface area (Å²) < 4.78 is 11.3. The lowest BCUT2D eigenvalue weighted by atomic mass is 10.0. The minimum Gasteiger partial charge on any atom is -0.492 e. The van der Waals surface area contributed by atoms with Gasteiger partial charge >= 0.3 is 0 Å². The fourth-order valence-corrected chi connectivity index (χ4v) is 4.44. The van der Waals surface area contributed by atoms with Gasteiger partial charge in [0.15, 0.2) is 0 Å². The first-order chi connectivity index (χ1) is 19.8. The van der Waals surface area contributed by atoms with Crippen LogP contribution in [0.25, 0.3) is 0 Å². The van der Waals surface area contributed by atoms with Gasteiger partial charge in [-0.2, -0.15) is 5.10 Å². The van der Waals surface area contributed by atoms with Crippen molar-refractivity contribution in [3.05, 3.63) is 65.7 Å². The summed E-state index contributed by atoms with van der Waals surface area (Å²) >= 11 is 0. The molecule has 1 heterocycles. The maximum Gasteiger partial charge on any atom is 0.252 e. The Morgan fingerprint density at radius 2 is 1.80 bits per heavy atom. The summed E-state index contributed by atoms with van der Waals surface area (Å²) in [7, 11) is 0. The van der Waals surface area contributed by atoms with Crippen molar-refractivity contribution in [2.24, 2.45) is 11.0 Å². The molecule has 3 rings (SSSR count). The minimum absolute atomic E-state index is 0.164. The van der Waals surface area contributed by atoms with Crippen LogP contribution in [-0.4, -0.2) is 80.4 Å². The first-order valence-electron chi connectivity index (χ1n) is 14.3. The number of nitrogens with one attached hydrogen (secondary N) is 3. The first-order valence-corrected chi connectivity index (χ1v) is 14.3. The zero-order chi connectivity index (χ0) is 29.5. The molecular weight excluding hydrogens is 522 g/mol. The number of hydrogen-bond donors (Lipinski definition) is 3. The molecule has 0 saturated carbocycles. The largest absolute Gasteiger partial charge is 0.492 e. The lowest BCUT2D eigenvalue weighted by Gasteiger charge is -2.26. The standard InChI is InChI=1S/C31H43N5O5/c1-23(2)20-29(31(39)33-27(22-32-35-24(3)37)13-12-25-8-5-4-6-9-25)34-30(38)26-10-7-11-28(21-26)41-19-16-36-14-17-40-18-15-36/h4-11,21-23,27,29H,12-20H2,1-3H3,(H,33,39)(H,34,38)(H,35,37)/b32-22+/t27-,29-/m0/s1. The number of benzene rings is 2. The fourth-order valence-electron chi connectivity index (χ4n) is 4.44. The van der Waals surface area contributed by atoms with Gasteiger partial charge in [0.05, 0.1) is 19.3 Å². The van der Waals surface area contributed by atoms with Crippen molar-refractivity contribution < 1.29 is 23.9 Å². The van der Waals surface area contributed by atoms with E-state index in [1.807, 2.05) is 50.2 Å². The molecule has 1 aliphatic heterocycles. The summed E-state index contributed by atoms with van der Waals surface area (Å²) in [6.45, 7) is 9.90. The molecule has 41 heavy (non-hydrogen) atoms. The molecule has 2 atom stereocenters. The highest BCUT2D eigenvalue weighted by Gasteiger charge is 2.25. The van der Waals surface area contributed by atoms with E-state index in [1.54, 1.807) is 18.2 Å². The molecule has 222 valence electrons. The zero-order valence-electron chi connectivity index (χ0n) is 24.3. The lowest BCUT2D eigenvalue weighted by Crippen LogP contribution is -2.50. The molecule has 1 saturated heterocycles. The molecule has 0 aliphatic carbocycles. The Morgan fingerprint density at radius 3 is 2.51 bits per heavy atom. The predicted molar refractivity (Wildman–Crippen MR) is 159 cm³/mol. The second kappa shape index (κ2) is 17.1. The Balaban J connectivity index is 1.62. The van der Waals surface area contributed by atoms with Crippen LogP contribution in [0.3, 0.4) is 0 Å². The van der Waals surface area contributed by atoms with E-state index in [0.29, 0.717) is 37.2 Å². The Morgan fingerprint density at radius 1 is 1.05 bits per heavy atom. The number of amides is 3. The van der Waals surface area contributed by atoms with Gasteiger partial charge in [-0.15, -0.1) is 0 Å². The van der Waals surface area contributed by atoms with Crippen LogP contribution in [0, 0.1) is 5.92 Å². The summed E-state index contributed by atoms with van der Waals surface area (Å²) in [4.78, 5) is 40.2. The number of rotatable bonds is 15. The first kappa shape index (κ1) is 31.8. The van der Waals surface area contributed by atoms with Crippen LogP contribution in [-0.2, 0) is 20.7 Å². The van der Waals surface area contributed by atoms with E-state index in [9.17, 15) is 14.4 Å². The normalized spacial score (nSPS) is 15.3. The molecule has 3 amide bonds. The molecule has 1 aliphatic rings. The Labute approximate surface area is 242 Å². The number of carbonyl (C=O) groups excluding carboxylic acids is 3. The fraction of sp³-hybridized carbons (Fsp3) is 0.484. The predicted octanol–water partition coefficient (Wildman–Crippen LogP) is 2.78. The maximum absolute atomic E-state index is 13.4. The van der Waals surface area contributed by atoms with Gasteiger partial charge in [0, 0.05) is 38.3 Å². The number of ether oxygens (including phenoxy) is 2. The molecule has 10 heteroatoms. The Hall–Kier alpha value is -3.76. The molecule has 3 N–H and O–H groups in total. The van der Waals surface area contributed by atoms with E-state index < -0.39 is 12.1 Å². The van der Waals surface area contributed by atoms with E-state index >= 15 is 0 Å². The quantitative estimate of drug-likeness (QED) is 0.226. The molecule has 10 nitrogen and oxygen atoms in total. The van der Waals surface area contributed by atoms with Gasteiger partial charge in [0.25, 0.3) is 5.91 Å². The second-order valence-electron chi connectivity index (χ2n) is 10.6. The third-order valence-electron chi connectivity index (χ3n) is 6.60. The molecule has 0 bridgehead atoms. The van der Waals surface area contributed by atoms with Crippen molar-refractivity contribution >= 4 is 23.9 Å². The molecule has 1 fully saturated rings. The molecule has 2 aromatic carbocycles. The summed E-state index contributed by atoms with van der Waals surface area (Å²) in [6, 6.07) is 15.7. The average molecular weight is 566 g/mol. The summed E-state index contributed by atoms with van der Waals surface area (Å²) in [5.74, 6) is -0.191. The van der Waals surface area contributed by atoms with Crippen LogP contribution in [0.4, 0.5) is 0 Å². The maximum atomic E-state index is 13.4. The van der Waals surface area contributed by atoms with E-state index in [2.05, 4.69) is 26.1 Å². The number of carbonyl (C=O) groups is 3. The number of hydrazone groups is 1. The monoisotopic (exact) mass is 565 g/mol. The van der Waals surface area contributed by atoms with Crippen LogP contribution < -0.4 is 20.8 Å². The van der Waals surface area contributed by atoms with Gasteiger partial charge in [0.1, 0.15) is 18.4 Å². The number of morpholine rings is 1. The van der Waals surface area contributed by atoms with Crippen molar-refractivity contribution in [1.29, 1.82) is 0 Å². The minimum atomic E-state index is -0.748. The molecular formula is C31H43N5O5. The Bertz CT molecular complexity index is 1130. The molecule has 0 unspecified atom stereocenters. The van der Waals surface area contributed by atoms with Crippen molar-refractivity contribution in [2.45, 2.75) is 52.1 Å². The van der Waals surface area contributed by atoms with Gasteiger partial charge in [-0.3, -0.25) is 19.3 Å². The summed E-state index contributed by atoms with van der Waals surface area (Å²) in [5.41, 5.74) is 3.93. The van der Waals surface area contributed by atoms with Crippen molar-refractivity contribution in [1.82, 2.24) is 21.0 Å². The van der Waals surface area contributed by atoms with E-state index in [4.69, 9.17) is 9.47 Å². The molecule has 0 radical (unpaired) electrons. The second-order valence-corrected chi connectivity index (χ2v) is 10.6. The molecule has 2 aromatic rings. The van der Waals surface area contributed by atoms with Gasteiger partial charge in [-0.25, -0.2) is 5.43 Å².